The fourth-order valence-corrected chi connectivity index (χ4v) is 1.27. The van der Waals surface area contributed by atoms with Crippen LogP contribution in [0.5, 0.6) is 5.75 Å². The van der Waals surface area contributed by atoms with E-state index in [-0.39, 0.29) is 16.6 Å². The number of fused-ring (bicyclic) bond motifs is 1. The van der Waals surface area contributed by atoms with Gasteiger partial charge in [0.2, 0.25) is 0 Å². The van der Waals surface area contributed by atoms with E-state index < -0.39 is 0 Å². The molecule has 0 aliphatic carbocycles. The zero-order valence-electron chi connectivity index (χ0n) is 14.2. The molecular weight excluding hydrogens is 284 g/mol. The molecule has 0 aliphatic rings. The first kappa shape index (κ1) is 17.9. The molecule has 0 bridgehead atoms. The van der Waals surface area contributed by atoms with Crippen LogP contribution in [0.2, 0.25) is 0 Å². The van der Waals surface area contributed by atoms with Gasteiger partial charge in [0.15, 0.2) is 11.4 Å². The topological polar surface area (TPSA) is 46.8 Å². The molecule has 0 saturated carbocycles. The Balaban J connectivity index is 0.000000240. The van der Waals surface area contributed by atoms with Crippen LogP contribution in [-0.4, -0.2) is 45.1 Å². The van der Waals surface area contributed by atoms with Crippen LogP contribution in [0, 0.1) is 0 Å². The number of ether oxygens (including phenoxy) is 1. The third-order valence-electron chi connectivity index (χ3n) is 3.72. The van der Waals surface area contributed by atoms with Crippen LogP contribution < -0.4 is 4.74 Å². The summed E-state index contributed by atoms with van der Waals surface area (Å²) in [4.78, 5) is 4.19. The maximum Gasteiger partial charge on any atom is 0.179 e. The quantitative estimate of drug-likeness (QED) is 0.925. The average Bonchev–Trinajstić information content (AvgIpc) is 2.79. The zero-order valence-corrected chi connectivity index (χ0v) is 15.0. The van der Waals surface area contributed by atoms with Crippen molar-refractivity contribution in [2.75, 3.05) is 25.9 Å². The molecule has 120 valence electrons. The predicted molar refractivity (Wildman–Crippen MR) is 92.8 cm³/mol. The molecule has 2 aromatic rings. The van der Waals surface area contributed by atoms with Gasteiger partial charge in [0.05, 0.1) is 19.4 Å². The van der Waals surface area contributed by atoms with Gasteiger partial charge in [-0.3, -0.25) is 0 Å². The monoisotopic (exact) mass is 312 g/mol. The van der Waals surface area contributed by atoms with Gasteiger partial charge in [-0.15, -0.1) is 0 Å². The number of hydrogen-bond donors (Lipinski definition) is 1. The Morgan fingerprint density at radius 3 is 2.29 bits per heavy atom. The van der Waals surface area contributed by atoms with Gasteiger partial charge in [-0.1, -0.05) is 20.8 Å². The van der Waals surface area contributed by atoms with Crippen molar-refractivity contribution in [2.45, 2.75) is 32.1 Å². The second-order valence-electron chi connectivity index (χ2n) is 6.65. The third kappa shape index (κ3) is 4.64. The average molecular weight is 312 g/mol. The van der Waals surface area contributed by atoms with E-state index in [9.17, 15) is 0 Å². The van der Waals surface area contributed by atoms with Crippen LogP contribution in [0.1, 0.15) is 26.5 Å². The second kappa shape index (κ2) is 6.71. The van der Waals surface area contributed by atoms with Gasteiger partial charge in [-0.05, 0) is 35.6 Å². The molecule has 0 radical (unpaired) electrons. The zero-order chi connectivity index (χ0) is 16.3. The molecule has 0 atom stereocenters. The maximum absolute atomic E-state index is 8.89. The molecule has 0 aromatic carbocycles. The number of imidazole rings is 1. The van der Waals surface area contributed by atoms with Gasteiger partial charge >= 0.3 is 0 Å². The standard InChI is InChI=1S/C9H10N2O2.C7H18S/c1-13-8-3-2-4-11-5-7(6-12)10-9(8)11;1-7(2,3)8(4,5)6/h2-5,12H,6H2,1H3;1-6H3. The SMILES string of the molecule is CC(C)(C)S(C)(C)C.COc1cccn2cc(CO)nc12. The Bertz CT molecular complexity index is 568. The largest absolute Gasteiger partial charge is 0.493 e. The fraction of sp³-hybridized carbons (Fsp3) is 0.562. The van der Waals surface area contributed by atoms with E-state index in [1.54, 1.807) is 13.3 Å². The van der Waals surface area contributed by atoms with Crippen molar-refractivity contribution < 1.29 is 9.84 Å². The van der Waals surface area contributed by atoms with Crippen LogP contribution >= 0.6 is 10.0 Å². The van der Waals surface area contributed by atoms with E-state index in [2.05, 4.69) is 44.5 Å². The van der Waals surface area contributed by atoms with Gasteiger partial charge in [0.1, 0.15) is 0 Å². The van der Waals surface area contributed by atoms with Crippen molar-refractivity contribution in [1.82, 2.24) is 9.38 Å². The molecule has 4 nitrogen and oxygen atoms in total. The lowest BCUT2D eigenvalue weighted by Crippen LogP contribution is -2.21. The molecule has 5 heteroatoms. The third-order valence-corrected chi connectivity index (χ3v) is 7.39. The molecule has 0 saturated heterocycles. The maximum atomic E-state index is 8.89. The van der Waals surface area contributed by atoms with Crippen LogP contribution in [0.15, 0.2) is 24.5 Å². The lowest BCUT2D eigenvalue weighted by Gasteiger charge is -2.40. The molecule has 21 heavy (non-hydrogen) atoms. The molecule has 2 rings (SSSR count). The van der Waals surface area contributed by atoms with Crippen molar-refractivity contribution >= 4 is 15.7 Å². The van der Waals surface area contributed by atoms with Crippen LogP contribution in [0.4, 0.5) is 0 Å². The molecule has 0 aliphatic heterocycles. The van der Waals surface area contributed by atoms with Crippen LogP contribution in [0.3, 0.4) is 0 Å². The molecule has 0 amide bonds. The summed E-state index contributed by atoms with van der Waals surface area (Å²) in [5.74, 6) is 0.710. The Hall–Kier alpha value is -1.20. The summed E-state index contributed by atoms with van der Waals surface area (Å²) < 4.78 is 7.46. The molecule has 2 heterocycles. The van der Waals surface area contributed by atoms with Gasteiger partial charge in [0, 0.05) is 12.4 Å². The fourth-order valence-electron chi connectivity index (χ4n) is 1.27. The summed E-state index contributed by atoms with van der Waals surface area (Å²) in [6.45, 7) is 6.87. The van der Waals surface area contributed by atoms with Gasteiger partial charge < -0.3 is 14.2 Å². The number of aliphatic hydroxyl groups excluding tert-OH is 1. The normalized spacial score (nSPS) is 12.8. The highest BCUT2D eigenvalue weighted by Crippen LogP contribution is 2.48. The Morgan fingerprint density at radius 1 is 1.29 bits per heavy atom. The molecular formula is C16H28N2O2S. The number of rotatable bonds is 2. The lowest BCUT2D eigenvalue weighted by atomic mass is 10.3. The number of aliphatic hydroxyl groups is 1. The van der Waals surface area contributed by atoms with Gasteiger partial charge in [0.25, 0.3) is 0 Å². The van der Waals surface area contributed by atoms with Crippen LogP contribution in [0.25, 0.3) is 5.65 Å². The lowest BCUT2D eigenvalue weighted by molar-refractivity contribution is 0.277. The highest BCUT2D eigenvalue weighted by molar-refractivity contribution is 8.33. The summed E-state index contributed by atoms with van der Waals surface area (Å²) in [7, 11) is 1.26. The predicted octanol–water partition coefficient (Wildman–Crippen LogP) is 3.31. The summed E-state index contributed by atoms with van der Waals surface area (Å²) in [6.07, 6.45) is 10.7. The highest BCUT2D eigenvalue weighted by atomic mass is 32.3. The number of pyridine rings is 1. The second-order valence-corrected chi connectivity index (χ2v) is 11.5. The molecule has 0 spiro atoms. The van der Waals surface area contributed by atoms with E-state index in [1.807, 2.05) is 22.7 Å². The van der Waals surface area contributed by atoms with E-state index in [0.29, 0.717) is 16.2 Å². The molecule has 2 aromatic heterocycles. The number of aromatic nitrogens is 2. The first-order valence-electron chi connectivity index (χ1n) is 6.89. The number of nitrogens with zero attached hydrogens (tertiary/aromatic N) is 2. The highest BCUT2D eigenvalue weighted by Gasteiger charge is 2.21. The van der Waals surface area contributed by atoms with Crippen LogP contribution in [-0.2, 0) is 6.61 Å². The Kier molecular flexibility index (Phi) is 5.70. The summed E-state index contributed by atoms with van der Waals surface area (Å²) in [6, 6.07) is 3.71. The summed E-state index contributed by atoms with van der Waals surface area (Å²) in [5.41, 5.74) is 1.37. The van der Waals surface area contributed by atoms with Crippen molar-refractivity contribution in [3.05, 3.63) is 30.2 Å². The summed E-state index contributed by atoms with van der Waals surface area (Å²) in [5, 5.41) is 8.89. The van der Waals surface area contributed by atoms with E-state index in [0.717, 1.165) is 5.65 Å². The molecule has 1 N–H and O–H groups in total. The minimum absolute atomic E-state index is 0.0508. The van der Waals surface area contributed by atoms with Crippen molar-refractivity contribution in [1.29, 1.82) is 0 Å². The Morgan fingerprint density at radius 2 is 1.86 bits per heavy atom. The van der Waals surface area contributed by atoms with E-state index in [1.165, 1.54) is 0 Å². The van der Waals surface area contributed by atoms with Crippen molar-refractivity contribution in [3.63, 3.8) is 0 Å². The van der Waals surface area contributed by atoms with E-state index in [4.69, 9.17) is 9.84 Å². The molecule has 0 fully saturated rings. The minimum atomic E-state index is -0.340. The first-order valence-corrected chi connectivity index (χ1v) is 9.75. The minimum Gasteiger partial charge on any atom is -0.493 e. The molecule has 0 unspecified atom stereocenters. The van der Waals surface area contributed by atoms with Gasteiger partial charge in [-0.2, -0.15) is 0 Å². The van der Waals surface area contributed by atoms with Crippen molar-refractivity contribution in [3.8, 4) is 5.75 Å². The smallest absolute Gasteiger partial charge is 0.179 e. The van der Waals surface area contributed by atoms with E-state index >= 15 is 0 Å². The Labute approximate surface area is 129 Å². The van der Waals surface area contributed by atoms with Gasteiger partial charge in [-0.25, -0.2) is 15.0 Å². The summed E-state index contributed by atoms with van der Waals surface area (Å²) >= 11 is 0. The number of hydrogen-bond acceptors (Lipinski definition) is 3. The van der Waals surface area contributed by atoms with Crippen molar-refractivity contribution in [2.24, 2.45) is 0 Å². The number of methoxy groups -OCH3 is 1. The first-order chi connectivity index (χ1) is 9.60.